The molecule has 3 heteroatoms. The molecule has 0 radical (unpaired) electrons. The van der Waals surface area contributed by atoms with Gasteiger partial charge in [-0.05, 0) is 18.8 Å². The second kappa shape index (κ2) is 4.68. The van der Waals surface area contributed by atoms with Crippen molar-refractivity contribution in [3.05, 3.63) is 30.3 Å². The Labute approximate surface area is 102 Å². The molecule has 0 bridgehead atoms. The second-order valence-corrected chi connectivity index (χ2v) is 10.4. The molecule has 16 heavy (non-hydrogen) atoms. The van der Waals surface area contributed by atoms with E-state index >= 15 is 0 Å². The van der Waals surface area contributed by atoms with Gasteiger partial charge in [0.15, 0.2) is 0 Å². The lowest BCUT2D eigenvalue weighted by Gasteiger charge is -2.34. The molecule has 0 aromatic heterocycles. The van der Waals surface area contributed by atoms with Crippen molar-refractivity contribution in [2.24, 2.45) is 5.92 Å². The molecule has 1 fully saturated rings. The summed E-state index contributed by atoms with van der Waals surface area (Å²) in [5.74, 6) is 0.601. The molecule has 0 heterocycles. The Morgan fingerprint density at radius 2 is 1.88 bits per heavy atom. The molecule has 0 N–H and O–H groups in total. The van der Waals surface area contributed by atoms with Gasteiger partial charge in [-0.25, -0.2) is 4.21 Å². The van der Waals surface area contributed by atoms with Crippen molar-refractivity contribution in [3.63, 3.8) is 0 Å². The fourth-order valence-electron chi connectivity index (χ4n) is 2.35. The van der Waals surface area contributed by atoms with Crippen LogP contribution in [0.1, 0.15) is 19.3 Å². The molecule has 1 saturated carbocycles. The van der Waals surface area contributed by atoms with Gasteiger partial charge in [0, 0.05) is 4.49 Å². The number of benzene rings is 1. The Balaban J connectivity index is 2.33. The summed E-state index contributed by atoms with van der Waals surface area (Å²) < 4.78 is 12.7. The highest BCUT2D eigenvalue weighted by Crippen LogP contribution is 2.30. The summed E-state index contributed by atoms with van der Waals surface area (Å²) in [5.41, 5.74) is 0. The summed E-state index contributed by atoms with van der Waals surface area (Å²) in [7, 11) is -1.67. The van der Waals surface area contributed by atoms with Crippen molar-refractivity contribution in [1.29, 1.82) is 0 Å². The normalized spacial score (nSPS) is 16.6. The molecule has 0 spiro atoms. The third-order valence-corrected chi connectivity index (χ3v) is 9.39. The molecule has 1 aromatic rings. The Morgan fingerprint density at radius 3 is 2.31 bits per heavy atom. The van der Waals surface area contributed by atoms with Gasteiger partial charge in [-0.3, -0.25) is 0 Å². The van der Waals surface area contributed by atoms with Gasteiger partial charge in [0.05, 0.1) is 11.3 Å². The first-order valence-corrected chi connectivity index (χ1v) is 9.63. The Hall–Kier alpha value is -0.673. The van der Waals surface area contributed by atoms with Crippen LogP contribution >= 0.6 is 0 Å². The van der Waals surface area contributed by atoms with E-state index in [1.807, 2.05) is 6.07 Å². The Kier molecular flexibility index (Phi) is 3.45. The highest BCUT2D eigenvalue weighted by Gasteiger charge is 2.37. The van der Waals surface area contributed by atoms with E-state index in [0.717, 1.165) is 11.3 Å². The summed E-state index contributed by atoms with van der Waals surface area (Å²) in [6.45, 7) is 4.61. The molecular formula is C13H18OSSi. The van der Waals surface area contributed by atoms with E-state index in [9.17, 15) is 4.21 Å². The second-order valence-electron chi connectivity index (χ2n) is 5.07. The molecule has 2 rings (SSSR count). The highest BCUT2D eigenvalue weighted by molar-refractivity contribution is 7.73. The summed E-state index contributed by atoms with van der Waals surface area (Å²) in [6, 6.07) is 10.6. The zero-order chi connectivity index (χ0) is 11.6. The van der Waals surface area contributed by atoms with Gasteiger partial charge in [-0.1, -0.05) is 55.0 Å². The minimum Gasteiger partial charge on any atom is -0.213 e. The zero-order valence-electron chi connectivity index (χ0n) is 9.90. The minimum absolute atomic E-state index is 0.601. The van der Waals surface area contributed by atoms with Crippen LogP contribution in [0.4, 0.5) is 0 Å². The number of hydrogen-bond acceptors (Lipinski definition) is 1. The van der Waals surface area contributed by atoms with Gasteiger partial charge in [-0.15, -0.1) is 0 Å². The van der Waals surface area contributed by atoms with Crippen molar-refractivity contribution in [2.45, 2.75) is 32.4 Å². The molecule has 0 saturated heterocycles. The molecule has 1 aliphatic carbocycles. The Bertz CT molecular complexity index is 417. The summed E-state index contributed by atoms with van der Waals surface area (Å²) in [6.07, 6.45) is 3.76. The number of hydrogen-bond donors (Lipinski definition) is 0. The van der Waals surface area contributed by atoms with E-state index in [1.54, 1.807) is 0 Å². The van der Waals surface area contributed by atoms with E-state index in [-0.39, 0.29) is 0 Å². The van der Waals surface area contributed by atoms with Gasteiger partial charge >= 0.3 is 0 Å². The van der Waals surface area contributed by atoms with Crippen molar-refractivity contribution in [2.75, 3.05) is 0 Å². The SMILES string of the molecule is C[Si](C)(C(=S=O)C1CCC1)c1ccccc1. The fraction of sp³-hybridized carbons (Fsp3) is 0.462. The van der Waals surface area contributed by atoms with Crippen molar-refractivity contribution in [1.82, 2.24) is 0 Å². The average molecular weight is 250 g/mol. The van der Waals surface area contributed by atoms with E-state index in [4.69, 9.17) is 0 Å². The molecule has 1 nitrogen and oxygen atoms in total. The zero-order valence-corrected chi connectivity index (χ0v) is 11.7. The van der Waals surface area contributed by atoms with E-state index in [1.165, 1.54) is 28.9 Å². The van der Waals surface area contributed by atoms with Crippen LogP contribution in [0.25, 0.3) is 0 Å². The van der Waals surface area contributed by atoms with Crippen LogP contribution in [0.15, 0.2) is 30.3 Å². The smallest absolute Gasteiger partial charge is 0.124 e. The molecule has 1 aliphatic rings. The molecule has 86 valence electrons. The predicted octanol–water partition coefficient (Wildman–Crippen LogP) is 2.33. The molecular weight excluding hydrogens is 232 g/mol. The molecule has 1 aromatic carbocycles. The lowest BCUT2D eigenvalue weighted by atomic mass is 9.87. The van der Waals surface area contributed by atoms with Crippen LogP contribution < -0.4 is 5.19 Å². The predicted molar refractivity (Wildman–Crippen MR) is 74.0 cm³/mol. The van der Waals surface area contributed by atoms with Gasteiger partial charge in [0.25, 0.3) is 0 Å². The van der Waals surface area contributed by atoms with Crippen LogP contribution in [0.5, 0.6) is 0 Å². The Morgan fingerprint density at radius 1 is 1.25 bits per heavy atom. The lowest BCUT2D eigenvalue weighted by molar-refractivity contribution is 0.420. The molecule has 0 atom stereocenters. The van der Waals surface area contributed by atoms with Gasteiger partial charge in [0.1, 0.15) is 8.07 Å². The summed E-state index contributed by atoms with van der Waals surface area (Å²) in [5, 5.41) is 1.39. The third kappa shape index (κ3) is 2.06. The monoisotopic (exact) mass is 250 g/mol. The lowest BCUT2D eigenvalue weighted by Crippen LogP contribution is -2.53. The van der Waals surface area contributed by atoms with Gasteiger partial charge in [-0.2, -0.15) is 0 Å². The van der Waals surface area contributed by atoms with Crippen molar-refractivity contribution < 1.29 is 4.21 Å². The van der Waals surface area contributed by atoms with Crippen LogP contribution in [0.3, 0.4) is 0 Å². The summed E-state index contributed by atoms with van der Waals surface area (Å²) >= 11 is 0.784. The highest BCUT2D eigenvalue weighted by atomic mass is 32.1. The number of rotatable bonds is 3. The maximum Gasteiger partial charge on any atom is 0.124 e. The maximum absolute atomic E-state index is 11.4. The third-order valence-electron chi connectivity index (χ3n) is 3.68. The standard InChI is InChI=1S/C13H18OSSi/c1-16(2,12-9-4-3-5-10-12)13(15-14)11-7-6-8-11/h3-5,9-11H,6-8H2,1-2H3. The van der Waals surface area contributed by atoms with Crippen LogP contribution in [-0.2, 0) is 11.3 Å². The van der Waals surface area contributed by atoms with E-state index in [2.05, 4.69) is 37.4 Å². The minimum atomic E-state index is -1.67. The van der Waals surface area contributed by atoms with E-state index in [0.29, 0.717) is 5.92 Å². The largest absolute Gasteiger partial charge is 0.213 e. The van der Waals surface area contributed by atoms with Crippen LogP contribution in [-0.4, -0.2) is 16.8 Å². The van der Waals surface area contributed by atoms with E-state index < -0.39 is 8.07 Å². The van der Waals surface area contributed by atoms with Crippen LogP contribution in [0, 0.1) is 5.92 Å². The molecule has 0 amide bonds. The first-order chi connectivity index (χ1) is 7.66. The quantitative estimate of drug-likeness (QED) is 0.594. The fourth-order valence-corrected chi connectivity index (χ4v) is 6.53. The van der Waals surface area contributed by atoms with Crippen molar-refractivity contribution >= 4 is 29.0 Å². The molecule has 0 unspecified atom stereocenters. The van der Waals surface area contributed by atoms with Gasteiger partial charge in [0.2, 0.25) is 0 Å². The van der Waals surface area contributed by atoms with Crippen LogP contribution in [0.2, 0.25) is 13.1 Å². The summed E-state index contributed by atoms with van der Waals surface area (Å²) in [4.78, 5) is 0. The molecule has 0 aliphatic heterocycles. The average Bonchev–Trinajstić information content (AvgIpc) is 2.24. The first-order valence-electron chi connectivity index (χ1n) is 5.89. The van der Waals surface area contributed by atoms with Gasteiger partial charge < -0.3 is 0 Å². The first kappa shape index (κ1) is 11.8. The topological polar surface area (TPSA) is 17.1 Å². The maximum atomic E-state index is 11.4. The van der Waals surface area contributed by atoms with Crippen molar-refractivity contribution in [3.8, 4) is 0 Å².